The summed E-state index contributed by atoms with van der Waals surface area (Å²) in [6, 6.07) is 8.95. The summed E-state index contributed by atoms with van der Waals surface area (Å²) in [5.74, 6) is 0.618. The van der Waals surface area contributed by atoms with Crippen molar-refractivity contribution in [1.82, 2.24) is 15.5 Å². The Bertz CT molecular complexity index is 524. The highest BCUT2D eigenvalue weighted by Gasteiger charge is 2.10. The second-order valence-corrected chi connectivity index (χ2v) is 4.60. The van der Waals surface area contributed by atoms with Gasteiger partial charge in [0.1, 0.15) is 0 Å². The molecule has 5 nitrogen and oxygen atoms in total. The summed E-state index contributed by atoms with van der Waals surface area (Å²) in [6.45, 7) is 6.38. The molecule has 0 fully saturated rings. The van der Waals surface area contributed by atoms with Crippen molar-refractivity contribution >= 4 is 6.01 Å². The van der Waals surface area contributed by atoms with Crippen LogP contribution in [0.5, 0.6) is 0 Å². The minimum atomic E-state index is 0.550. The number of benzene rings is 1. The first-order valence-corrected chi connectivity index (χ1v) is 6.49. The minimum Gasteiger partial charge on any atom is -0.407 e. The highest BCUT2D eigenvalue weighted by atomic mass is 16.4. The Labute approximate surface area is 113 Å². The van der Waals surface area contributed by atoms with E-state index in [0.29, 0.717) is 18.5 Å². The van der Waals surface area contributed by atoms with Crippen molar-refractivity contribution in [3.8, 4) is 0 Å². The maximum atomic E-state index is 5.59. The van der Waals surface area contributed by atoms with Gasteiger partial charge in [-0.3, -0.25) is 0 Å². The Kier molecular flexibility index (Phi) is 4.52. The minimum absolute atomic E-state index is 0.550. The summed E-state index contributed by atoms with van der Waals surface area (Å²) in [6.07, 6.45) is 0. The van der Waals surface area contributed by atoms with Crippen LogP contribution in [0, 0.1) is 6.92 Å². The first-order valence-electron chi connectivity index (χ1n) is 6.49. The first-order chi connectivity index (χ1) is 9.19. The smallest absolute Gasteiger partial charge is 0.318 e. The Hall–Kier alpha value is -1.88. The molecule has 1 heterocycles. The maximum Gasteiger partial charge on any atom is 0.318 e. The highest BCUT2D eigenvalue weighted by molar-refractivity contribution is 5.29. The van der Waals surface area contributed by atoms with E-state index in [4.69, 9.17) is 4.42 Å². The van der Waals surface area contributed by atoms with Crippen LogP contribution in [0.1, 0.15) is 23.9 Å². The zero-order valence-electron chi connectivity index (χ0n) is 11.7. The van der Waals surface area contributed by atoms with Crippen molar-refractivity contribution in [3.63, 3.8) is 0 Å². The number of aryl methyl sites for hydroxylation is 1. The van der Waals surface area contributed by atoms with E-state index in [1.165, 1.54) is 11.1 Å². The fourth-order valence-electron chi connectivity index (χ4n) is 1.85. The van der Waals surface area contributed by atoms with Crippen LogP contribution >= 0.6 is 0 Å². The number of rotatable bonds is 6. The maximum absolute atomic E-state index is 5.59. The Morgan fingerprint density at radius 2 is 2.16 bits per heavy atom. The molecule has 0 saturated carbocycles. The molecule has 0 aliphatic heterocycles. The second-order valence-electron chi connectivity index (χ2n) is 4.60. The molecular formula is C14H20N4O. The third kappa shape index (κ3) is 3.79. The molecule has 102 valence electrons. The number of hydrogen-bond acceptors (Lipinski definition) is 5. The van der Waals surface area contributed by atoms with Gasteiger partial charge in [0.05, 0.1) is 6.54 Å². The molecular weight excluding hydrogens is 240 g/mol. The van der Waals surface area contributed by atoms with E-state index in [0.717, 1.165) is 13.1 Å². The van der Waals surface area contributed by atoms with Gasteiger partial charge in [-0.05, 0) is 19.0 Å². The van der Waals surface area contributed by atoms with Gasteiger partial charge >= 0.3 is 6.01 Å². The molecule has 0 amide bonds. The van der Waals surface area contributed by atoms with Crippen LogP contribution in [-0.2, 0) is 13.1 Å². The van der Waals surface area contributed by atoms with Crippen molar-refractivity contribution in [3.05, 3.63) is 41.3 Å². The second kappa shape index (κ2) is 6.33. The third-order valence-electron chi connectivity index (χ3n) is 2.81. The van der Waals surface area contributed by atoms with Gasteiger partial charge in [-0.1, -0.05) is 41.9 Å². The van der Waals surface area contributed by atoms with E-state index in [1.54, 1.807) is 0 Å². The van der Waals surface area contributed by atoms with E-state index >= 15 is 0 Å². The molecule has 0 unspecified atom stereocenters. The van der Waals surface area contributed by atoms with Crippen LogP contribution < -0.4 is 10.2 Å². The van der Waals surface area contributed by atoms with Gasteiger partial charge in [0.15, 0.2) is 0 Å². The van der Waals surface area contributed by atoms with Crippen LogP contribution in [0.25, 0.3) is 0 Å². The van der Waals surface area contributed by atoms with Gasteiger partial charge in [-0.15, -0.1) is 5.10 Å². The highest BCUT2D eigenvalue weighted by Crippen LogP contribution is 2.14. The van der Waals surface area contributed by atoms with Gasteiger partial charge in [0.25, 0.3) is 0 Å². The largest absolute Gasteiger partial charge is 0.407 e. The van der Waals surface area contributed by atoms with Crippen molar-refractivity contribution in [2.75, 3.05) is 18.5 Å². The number of anilines is 1. The standard InChI is InChI=1S/C14H20N4O/c1-4-15-9-13-16-17-14(19-13)18(3)10-12-7-5-6-11(2)8-12/h5-8,15H,4,9-10H2,1-3H3. The van der Waals surface area contributed by atoms with Crippen LogP contribution in [0.15, 0.2) is 28.7 Å². The number of nitrogens with zero attached hydrogens (tertiary/aromatic N) is 3. The molecule has 2 aromatic rings. The van der Waals surface area contributed by atoms with Crippen molar-refractivity contribution < 1.29 is 4.42 Å². The monoisotopic (exact) mass is 260 g/mol. The van der Waals surface area contributed by atoms with Crippen LogP contribution in [0.2, 0.25) is 0 Å². The summed E-state index contributed by atoms with van der Waals surface area (Å²) < 4.78 is 5.59. The zero-order chi connectivity index (χ0) is 13.7. The fraction of sp³-hybridized carbons (Fsp3) is 0.429. The van der Waals surface area contributed by atoms with Crippen molar-refractivity contribution in [2.45, 2.75) is 26.9 Å². The number of aromatic nitrogens is 2. The first kappa shape index (κ1) is 13.5. The summed E-state index contributed by atoms with van der Waals surface area (Å²) in [5.41, 5.74) is 2.48. The lowest BCUT2D eigenvalue weighted by atomic mass is 10.1. The van der Waals surface area contributed by atoms with E-state index in [9.17, 15) is 0 Å². The van der Waals surface area contributed by atoms with Crippen LogP contribution in [0.4, 0.5) is 6.01 Å². The molecule has 0 saturated heterocycles. The Morgan fingerprint density at radius 1 is 1.32 bits per heavy atom. The molecule has 0 atom stereocenters. The van der Waals surface area contributed by atoms with Gasteiger partial charge in [-0.2, -0.15) is 0 Å². The number of nitrogens with one attached hydrogen (secondary N) is 1. The lowest BCUT2D eigenvalue weighted by Crippen LogP contribution is -2.16. The zero-order valence-corrected chi connectivity index (χ0v) is 11.7. The van der Waals surface area contributed by atoms with E-state index < -0.39 is 0 Å². The van der Waals surface area contributed by atoms with Gasteiger partial charge < -0.3 is 14.6 Å². The van der Waals surface area contributed by atoms with Crippen molar-refractivity contribution in [2.24, 2.45) is 0 Å². The topological polar surface area (TPSA) is 54.2 Å². The van der Waals surface area contributed by atoms with Crippen LogP contribution in [0.3, 0.4) is 0 Å². The fourth-order valence-corrected chi connectivity index (χ4v) is 1.85. The molecule has 0 aliphatic rings. The third-order valence-corrected chi connectivity index (χ3v) is 2.81. The summed E-state index contributed by atoms with van der Waals surface area (Å²) >= 11 is 0. The number of hydrogen-bond donors (Lipinski definition) is 1. The molecule has 1 aromatic carbocycles. The Balaban J connectivity index is 1.99. The molecule has 1 aromatic heterocycles. The summed E-state index contributed by atoms with van der Waals surface area (Å²) in [7, 11) is 1.95. The molecule has 5 heteroatoms. The van der Waals surface area contributed by atoms with Crippen LogP contribution in [-0.4, -0.2) is 23.8 Å². The predicted molar refractivity (Wildman–Crippen MR) is 75.0 cm³/mol. The molecule has 1 N–H and O–H groups in total. The van der Waals surface area contributed by atoms with Gasteiger partial charge in [0, 0.05) is 13.6 Å². The summed E-state index contributed by atoms with van der Waals surface area (Å²) in [4.78, 5) is 1.96. The summed E-state index contributed by atoms with van der Waals surface area (Å²) in [5, 5.41) is 11.2. The van der Waals surface area contributed by atoms with Gasteiger partial charge in [-0.25, -0.2) is 0 Å². The SMILES string of the molecule is CCNCc1nnc(N(C)Cc2cccc(C)c2)o1. The van der Waals surface area contributed by atoms with E-state index in [2.05, 4.69) is 46.7 Å². The van der Waals surface area contributed by atoms with Gasteiger partial charge in [0.2, 0.25) is 5.89 Å². The molecule has 0 aliphatic carbocycles. The molecule has 2 rings (SSSR count). The normalized spacial score (nSPS) is 10.7. The van der Waals surface area contributed by atoms with E-state index in [-0.39, 0.29) is 0 Å². The quantitative estimate of drug-likeness (QED) is 0.862. The molecule has 0 spiro atoms. The average molecular weight is 260 g/mol. The lowest BCUT2D eigenvalue weighted by molar-refractivity contribution is 0.469. The molecule has 0 radical (unpaired) electrons. The predicted octanol–water partition coefficient (Wildman–Crippen LogP) is 2.12. The Morgan fingerprint density at radius 3 is 2.89 bits per heavy atom. The average Bonchev–Trinajstić information content (AvgIpc) is 2.85. The lowest BCUT2D eigenvalue weighted by Gasteiger charge is -2.14. The molecule has 19 heavy (non-hydrogen) atoms. The van der Waals surface area contributed by atoms with E-state index in [1.807, 2.05) is 18.9 Å². The van der Waals surface area contributed by atoms with Crippen molar-refractivity contribution in [1.29, 1.82) is 0 Å². The molecule has 0 bridgehead atoms.